The van der Waals surface area contributed by atoms with Gasteiger partial charge in [0.1, 0.15) is 5.69 Å². The zero-order valence-electron chi connectivity index (χ0n) is 11.8. The molecule has 21 heavy (non-hydrogen) atoms. The SMILES string of the molecule is OCCN(CCO)c1ccccc1N=Nc1ccccc1. The first-order chi connectivity index (χ1) is 10.3. The fraction of sp³-hybridized carbons (Fsp3) is 0.250. The van der Waals surface area contributed by atoms with Crippen molar-refractivity contribution in [1.29, 1.82) is 0 Å². The predicted molar refractivity (Wildman–Crippen MR) is 83.4 cm³/mol. The van der Waals surface area contributed by atoms with Crippen molar-refractivity contribution in [2.45, 2.75) is 0 Å². The molecule has 0 heterocycles. The van der Waals surface area contributed by atoms with Crippen LogP contribution in [0.5, 0.6) is 0 Å². The molecule has 0 amide bonds. The van der Waals surface area contributed by atoms with Gasteiger partial charge in [0.2, 0.25) is 0 Å². The highest BCUT2D eigenvalue weighted by Crippen LogP contribution is 2.29. The van der Waals surface area contributed by atoms with Gasteiger partial charge in [-0.2, -0.15) is 5.11 Å². The number of benzene rings is 2. The van der Waals surface area contributed by atoms with Crippen molar-refractivity contribution in [3.05, 3.63) is 54.6 Å². The predicted octanol–water partition coefficient (Wildman–Crippen LogP) is 2.89. The summed E-state index contributed by atoms with van der Waals surface area (Å²) in [5.41, 5.74) is 2.34. The van der Waals surface area contributed by atoms with Crippen LogP contribution in [0.1, 0.15) is 0 Å². The monoisotopic (exact) mass is 285 g/mol. The average molecular weight is 285 g/mol. The largest absolute Gasteiger partial charge is 0.395 e. The Hall–Kier alpha value is -2.24. The standard InChI is InChI=1S/C16H19N3O2/c20-12-10-19(11-13-21)16-9-5-4-8-15(16)18-17-14-6-2-1-3-7-14/h1-9,20-21H,10-13H2. The lowest BCUT2D eigenvalue weighted by Gasteiger charge is -2.23. The first kappa shape index (κ1) is 15.2. The number of para-hydroxylation sites is 1. The van der Waals surface area contributed by atoms with E-state index in [2.05, 4.69) is 10.2 Å². The van der Waals surface area contributed by atoms with Crippen molar-refractivity contribution >= 4 is 17.1 Å². The van der Waals surface area contributed by atoms with Crippen LogP contribution in [0.4, 0.5) is 17.1 Å². The van der Waals surface area contributed by atoms with Gasteiger partial charge in [-0.15, -0.1) is 5.11 Å². The van der Waals surface area contributed by atoms with Crippen LogP contribution in [-0.4, -0.2) is 36.5 Å². The minimum atomic E-state index is 0.0180. The van der Waals surface area contributed by atoms with Gasteiger partial charge in [0.25, 0.3) is 0 Å². The maximum Gasteiger partial charge on any atom is 0.109 e. The number of hydrogen-bond donors (Lipinski definition) is 2. The fourth-order valence-corrected chi connectivity index (χ4v) is 2.02. The van der Waals surface area contributed by atoms with E-state index in [9.17, 15) is 0 Å². The molecule has 2 aromatic carbocycles. The van der Waals surface area contributed by atoms with Gasteiger partial charge in [-0.05, 0) is 24.3 Å². The Morgan fingerprint density at radius 3 is 2.05 bits per heavy atom. The Balaban J connectivity index is 2.25. The zero-order valence-corrected chi connectivity index (χ0v) is 11.8. The Labute approximate surface area is 124 Å². The Morgan fingerprint density at radius 2 is 1.38 bits per heavy atom. The van der Waals surface area contributed by atoms with E-state index in [1.807, 2.05) is 59.5 Å². The van der Waals surface area contributed by atoms with Gasteiger partial charge in [0.15, 0.2) is 0 Å². The zero-order chi connectivity index (χ0) is 14.9. The third-order valence-electron chi connectivity index (χ3n) is 2.99. The molecular formula is C16H19N3O2. The van der Waals surface area contributed by atoms with Gasteiger partial charge in [0.05, 0.1) is 24.6 Å². The second-order valence-corrected chi connectivity index (χ2v) is 4.46. The molecule has 0 spiro atoms. The van der Waals surface area contributed by atoms with Crippen LogP contribution < -0.4 is 4.90 Å². The molecule has 0 aliphatic carbocycles. The summed E-state index contributed by atoms with van der Waals surface area (Å²) in [4.78, 5) is 1.89. The third-order valence-corrected chi connectivity index (χ3v) is 2.99. The van der Waals surface area contributed by atoms with Crippen molar-refractivity contribution in [2.75, 3.05) is 31.2 Å². The van der Waals surface area contributed by atoms with E-state index in [1.54, 1.807) is 0 Å². The molecule has 0 saturated heterocycles. The number of aliphatic hydroxyl groups is 2. The molecule has 2 aromatic rings. The highest BCUT2D eigenvalue weighted by atomic mass is 16.3. The molecule has 0 atom stereocenters. The summed E-state index contributed by atoms with van der Waals surface area (Å²) in [6.07, 6.45) is 0. The molecular weight excluding hydrogens is 266 g/mol. The van der Waals surface area contributed by atoms with Gasteiger partial charge >= 0.3 is 0 Å². The van der Waals surface area contributed by atoms with Crippen LogP contribution in [-0.2, 0) is 0 Å². The molecule has 2 rings (SSSR count). The van der Waals surface area contributed by atoms with E-state index >= 15 is 0 Å². The first-order valence-corrected chi connectivity index (χ1v) is 6.87. The highest BCUT2D eigenvalue weighted by molar-refractivity contribution is 5.66. The maximum atomic E-state index is 9.15. The van der Waals surface area contributed by atoms with E-state index in [0.29, 0.717) is 18.8 Å². The van der Waals surface area contributed by atoms with Gasteiger partial charge < -0.3 is 15.1 Å². The Kier molecular flexibility index (Phi) is 5.87. The van der Waals surface area contributed by atoms with E-state index < -0.39 is 0 Å². The van der Waals surface area contributed by atoms with Crippen LogP contribution in [0.25, 0.3) is 0 Å². The second-order valence-electron chi connectivity index (χ2n) is 4.46. The molecule has 0 fully saturated rings. The molecule has 0 radical (unpaired) electrons. The Morgan fingerprint density at radius 1 is 0.762 bits per heavy atom. The van der Waals surface area contributed by atoms with Crippen molar-refractivity contribution in [1.82, 2.24) is 0 Å². The minimum absolute atomic E-state index is 0.0180. The molecule has 2 N–H and O–H groups in total. The van der Waals surface area contributed by atoms with Crippen LogP contribution >= 0.6 is 0 Å². The smallest absolute Gasteiger partial charge is 0.109 e. The van der Waals surface area contributed by atoms with Gasteiger partial charge in [0, 0.05) is 13.1 Å². The van der Waals surface area contributed by atoms with Crippen LogP contribution in [0.3, 0.4) is 0 Å². The number of hydrogen-bond acceptors (Lipinski definition) is 5. The second kappa shape index (κ2) is 8.14. The number of rotatable bonds is 7. The molecule has 0 aromatic heterocycles. The summed E-state index contributed by atoms with van der Waals surface area (Å²) in [7, 11) is 0. The lowest BCUT2D eigenvalue weighted by Crippen LogP contribution is -2.29. The summed E-state index contributed by atoms with van der Waals surface area (Å²) in [5.74, 6) is 0. The molecule has 5 nitrogen and oxygen atoms in total. The van der Waals surface area contributed by atoms with E-state index in [4.69, 9.17) is 10.2 Å². The summed E-state index contributed by atoms with van der Waals surface area (Å²) in [5, 5.41) is 26.8. The van der Waals surface area contributed by atoms with Gasteiger partial charge in [-0.25, -0.2) is 0 Å². The number of aliphatic hydroxyl groups excluding tert-OH is 2. The Bertz CT molecular complexity index is 567. The normalized spacial score (nSPS) is 11.0. The summed E-state index contributed by atoms with van der Waals surface area (Å²) < 4.78 is 0. The van der Waals surface area contributed by atoms with Gasteiger partial charge in [-0.1, -0.05) is 30.3 Å². The fourth-order valence-electron chi connectivity index (χ4n) is 2.02. The summed E-state index contributed by atoms with van der Waals surface area (Å²) in [6, 6.07) is 17.1. The van der Waals surface area contributed by atoms with Gasteiger partial charge in [-0.3, -0.25) is 0 Å². The third kappa shape index (κ3) is 4.37. The van der Waals surface area contributed by atoms with Crippen molar-refractivity contribution < 1.29 is 10.2 Å². The summed E-state index contributed by atoms with van der Waals surface area (Å²) >= 11 is 0. The van der Waals surface area contributed by atoms with Crippen LogP contribution in [0, 0.1) is 0 Å². The van der Waals surface area contributed by atoms with Crippen molar-refractivity contribution in [2.24, 2.45) is 10.2 Å². The lowest BCUT2D eigenvalue weighted by atomic mass is 10.2. The lowest BCUT2D eigenvalue weighted by molar-refractivity contribution is 0.281. The number of azo groups is 1. The maximum absolute atomic E-state index is 9.15. The summed E-state index contributed by atoms with van der Waals surface area (Å²) in [6.45, 7) is 0.922. The number of anilines is 1. The molecule has 0 bridgehead atoms. The molecule has 0 aliphatic rings. The number of nitrogens with zero attached hydrogens (tertiary/aromatic N) is 3. The van der Waals surface area contributed by atoms with Crippen molar-refractivity contribution in [3.8, 4) is 0 Å². The topological polar surface area (TPSA) is 68.4 Å². The molecule has 110 valence electrons. The van der Waals surface area contributed by atoms with Crippen LogP contribution in [0.15, 0.2) is 64.8 Å². The quantitative estimate of drug-likeness (QED) is 0.769. The molecule has 0 aliphatic heterocycles. The first-order valence-electron chi connectivity index (χ1n) is 6.87. The van der Waals surface area contributed by atoms with E-state index in [1.165, 1.54) is 0 Å². The molecule has 0 saturated carbocycles. The molecule has 5 heteroatoms. The van der Waals surface area contributed by atoms with Crippen molar-refractivity contribution in [3.63, 3.8) is 0 Å². The van der Waals surface area contributed by atoms with E-state index in [-0.39, 0.29) is 13.2 Å². The average Bonchev–Trinajstić information content (AvgIpc) is 2.54. The van der Waals surface area contributed by atoms with E-state index in [0.717, 1.165) is 11.4 Å². The molecule has 0 unspecified atom stereocenters. The van der Waals surface area contributed by atoms with Crippen LogP contribution in [0.2, 0.25) is 0 Å². The highest BCUT2D eigenvalue weighted by Gasteiger charge is 2.09. The minimum Gasteiger partial charge on any atom is -0.395 e.